The van der Waals surface area contributed by atoms with Crippen molar-refractivity contribution in [1.82, 2.24) is 9.97 Å². The summed E-state index contributed by atoms with van der Waals surface area (Å²) < 4.78 is 0. The number of hydrogen-bond donors (Lipinski definition) is 0. The number of rotatable bonds is 2. The van der Waals surface area contributed by atoms with Gasteiger partial charge in [-0.25, -0.2) is 0 Å². The molecule has 0 unspecified atom stereocenters. The average Bonchev–Trinajstić information content (AvgIpc) is 3.26. The van der Waals surface area contributed by atoms with Gasteiger partial charge in [-0.05, 0) is 127 Å². The zero-order valence-corrected chi connectivity index (χ0v) is 30.2. The Morgan fingerprint density at radius 1 is 0.268 bits per heavy atom. The molecule has 0 atom stereocenters. The largest absolute Gasteiger partial charge is 0.254 e. The molecule has 2 aromatic heterocycles. The van der Waals surface area contributed by atoms with Gasteiger partial charge in [0.1, 0.15) is 0 Å². The van der Waals surface area contributed by atoms with Crippen molar-refractivity contribution in [1.29, 1.82) is 0 Å². The molecule has 2 heteroatoms. The lowest BCUT2D eigenvalue weighted by Gasteiger charge is -2.20. The van der Waals surface area contributed by atoms with Crippen LogP contribution >= 0.6 is 0 Å². The molecular formula is C54H30N2. The lowest BCUT2D eigenvalue weighted by molar-refractivity contribution is 1.38. The van der Waals surface area contributed by atoms with E-state index < -0.39 is 0 Å². The fourth-order valence-corrected chi connectivity index (χ4v) is 10.1. The molecule has 0 spiro atoms. The molecule has 56 heavy (non-hydrogen) atoms. The summed E-state index contributed by atoms with van der Waals surface area (Å²) in [5.41, 5.74) is 6.64. The van der Waals surface area contributed by atoms with Gasteiger partial charge >= 0.3 is 0 Å². The molecule has 0 bridgehead atoms. The third-order valence-corrected chi connectivity index (χ3v) is 12.4. The van der Waals surface area contributed by atoms with Crippen LogP contribution in [-0.4, -0.2) is 9.97 Å². The Bertz CT molecular complexity index is 3760. The molecule has 0 amide bonds. The van der Waals surface area contributed by atoms with Gasteiger partial charge in [-0.15, -0.1) is 0 Å². The van der Waals surface area contributed by atoms with Crippen LogP contribution in [0.15, 0.2) is 182 Å². The van der Waals surface area contributed by atoms with Crippen molar-refractivity contribution in [2.24, 2.45) is 0 Å². The average molecular weight is 707 g/mol. The van der Waals surface area contributed by atoms with E-state index >= 15 is 0 Å². The standard InChI is InChI=1S/C54H30N2/c1-3-15-41-39(13-1)47(40-14-2-4-16-42(40)48(41)38-28-36-25-23-34-12-8-26-55-53(34)54(36)56-30-38)37-27-35-24-22-33-10-6-18-44-43-17-5-9-31-20-21-32-11-7-19-45(51(32)49(31)43)46(29-37)52(35)50(33)44/h1-30H. The Morgan fingerprint density at radius 3 is 1.30 bits per heavy atom. The number of aromatic nitrogens is 2. The number of hydrogen-bond acceptors (Lipinski definition) is 2. The molecule has 0 aliphatic heterocycles. The SMILES string of the molecule is c1cnc2c(c1)ccc1cc(-c3c4ccccc4c(-c4cc5ccc6cccc7c8cccc9ccc%10cccc(c(c4)c5c67)c%10c98)c4ccccc34)cnc12. The van der Waals surface area contributed by atoms with Crippen LogP contribution in [0.4, 0.5) is 0 Å². The van der Waals surface area contributed by atoms with E-state index in [1.54, 1.807) is 0 Å². The maximum atomic E-state index is 5.07. The predicted octanol–water partition coefficient (Wildman–Crippen LogP) is 14.8. The number of nitrogens with zero attached hydrogens (tertiary/aromatic N) is 2. The molecule has 11 aromatic carbocycles. The second-order valence-electron chi connectivity index (χ2n) is 15.2. The third kappa shape index (κ3) is 4.00. The van der Waals surface area contributed by atoms with Crippen LogP contribution in [0.25, 0.3) is 130 Å². The van der Waals surface area contributed by atoms with E-state index in [9.17, 15) is 0 Å². The monoisotopic (exact) mass is 706 g/mol. The zero-order chi connectivity index (χ0) is 36.5. The molecule has 0 aliphatic carbocycles. The second-order valence-corrected chi connectivity index (χ2v) is 15.2. The van der Waals surface area contributed by atoms with Gasteiger partial charge in [0.25, 0.3) is 0 Å². The summed E-state index contributed by atoms with van der Waals surface area (Å²) in [6.07, 6.45) is 3.89. The quantitative estimate of drug-likeness (QED) is 0.132. The summed E-state index contributed by atoms with van der Waals surface area (Å²) in [7, 11) is 0. The summed E-state index contributed by atoms with van der Waals surface area (Å²) in [4.78, 5) is 9.77. The Hall–Kier alpha value is -7.42. The molecule has 2 nitrogen and oxygen atoms in total. The van der Waals surface area contributed by atoms with Crippen LogP contribution in [-0.2, 0) is 0 Å². The van der Waals surface area contributed by atoms with Gasteiger partial charge in [0.15, 0.2) is 0 Å². The highest BCUT2D eigenvalue weighted by Gasteiger charge is 2.20. The van der Waals surface area contributed by atoms with Crippen molar-refractivity contribution in [3.63, 3.8) is 0 Å². The van der Waals surface area contributed by atoms with Gasteiger partial charge in [-0.2, -0.15) is 0 Å². The molecular weight excluding hydrogens is 677 g/mol. The van der Waals surface area contributed by atoms with Crippen LogP contribution in [0.2, 0.25) is 0 Å². The van der Waals surface area contributed by atoms with Crippen LogP contribution in [0.5, 0.6) is 0 Å². The van der Waals surface area contributed by atoms with E-state index in [0.717, 1.165) is 27.4 Å². The van der Waals surface area contributed by atoms with E-state index in [1.807, 2.05) is 18.5 Å². The van der Waals surface area contributed by atoms with Crippen LogP contribution in [0.1, 0.15) is 0 Å². The molecule has 256 valence electrons. The summed E-state index contributed by atoms with van der Waals surface area (Å²) in [6.45, 7) is 0. The highest BCUT2D eigenvalue weighted by atomic mass is 14.7. The summed E-state index contributed by atoms with van der Waals surface area (Å²) in [5, 5.41) is 22.6. The lowest BCUT2D eigenvalue weighted by atomic mass is 9.83. The molecule has 0 radical (unpaired) electrons. The van der Waals surface area contributed by atoms with E-state index in [0.29, 0.717) is 0 Å². The van der Waals surface area contributed by atoms with Crippen LogP contribution in [0.3, 0.4) is 0 Å². The molecule has 0 N–H and O–H groups in total. The normalized spacial score (nSPS) is 12.3. The van der Waals surface area contributed by atoms with Gasteiger partial charge in [0, 0.05) is 28.7 Å². The minimum Gasteiger partial charge on any atom is -0.254 e. The van der Waals surface area contributed by atoms with Gasteiger partial charge in [0.2, 0.25) is 0 Å². The Morgan fingerprint density at radius 2 is 0.696 bits per heavy atom. The van der Waals surface area contributed by atoms with Crippen molar-refractivity contribution in [2.45, 2.75) is 0 Å². The van der Waals surface area contributed by atoms with Crippen molar-refractivity contribution in [3.05, 3.63) is 182 Å². The van der Waals surface area contributed by atoms with Gasteiger partial charge in [-0.1, -0.05) is 146 Å². The van der Waals surface area contributed by atoms with Gasteiger partial charge in [-0.3, -0.25) is 9.97 Å². The first-order valence-electron chi connectivity index (χ1n) is 19.3. The van der Waals surface area contributed by atoms with E-state index in [1.165, 1.54) is 103 Å². The first-order valence-corrected chi connectivity index (χ1v) is 19.3. The Balaban J connectivity index is 1.18. The van der Waals surface area contributed by atoms with Gasteiger partial charge in [0.05, 0.1) is 11.0 Å². The molecule has 0 saturated carbocycles. The first-order chi connectivity index (χ1) is 27.8. The molecule has 0 fully saturated rings. The first kappa shape index (κ1) is 30.0. The molecule has 13 rings (SSSR count). The molecule has 13 aromatic rings. The Labute approximate surface area is 321 Å². The third-order valence-electron chi connectivity index (χ3n) is 12.4. The van der Waals surface area contributed by atoms with Crippen LogP contribution in [0, 0.1) is 0 Å². The zero-order valence-electron chi connectivity index (χ0n) is 30.2. The van der Waals surface area contributed by atoms with E-state index in [2.05, 4.69) is 164 Å². The summed E-state index contributed by atoms with van der Waals surface area (Å²) >= 11 is 0. The topological polar surface area (TPSA) is 25.8 Å². The molecule has 0 aliphatic rings. The summed E-state index contributed by atoms with van der Waals surface area (Å²) in [5.74, 6) is 0. The highest BCUT2D eigenvalue weighted by molar-refractivity contribution is 6.37. The minimum atomic E-state index is 0.929. The van der Waals surface area contributed by atoms with Crippen molar-refractivity contribution < 1.29 is 0 Å². The van der Waals surface area contributed by atoms with Crippen molar-refractivity contribution in [3.8, 4) is 22.3 Å². The van der Waals surface area contributed by atoms with Crippen molar-refractivity contribution >= 4 is 108 Å². The summed E-state index contributed by atoms with van der Waals surface area (Å²) in [6, 6.07) is 63.1. The smallest absolute Gasteiger partial charge is 0.0964 e. The van der Waals surface area contributed by atoms with Gasteiger partial charge < -0.3 is 0 Å². The van der Waals surface area contributed by atoms with E-state index in [4.69, 9.17) is 9.97 Å². The highest BCUT2D eigenvalue weighted by Crippen LogP contribution is 2.48. The number of pyridine rings is 2. The van der Waals surface area contributed by atoms with E-state index in [-0.39, 0.29) is 0 Å². The predicted molar refractivity (Wildman–Crippen MR) is 239 cm³/mol. The minimum absolute atomic E-state index is 0.929. The van der Waals surface area contributed by atoms with Crippen LogP contribution < -0.4 is 0 Å². The lowest BCUT2D eigenvalue weighted by Crippen LogP contribution is -1.93. The number of benzene rings is 10. The molecule has 0 saturated heterocycles. The maximum absolute atomic E-state index is 5.07. The van der Waals surface area contributed by atoms with Crippen molar-refractivity contribution in [2.75, 3.05) is 0 Å². The second kappa shape index (κ2) is 11.1. The number of fused-ring (bicyclic) bond motifs is 7. The molecule has 2 heterocycles. The fourth-order valence-electron chi connectivity index (χ4n) is 10.1. The Kier molecular flexibility index (Phi) is 5.92. The fraction of sp³-hybridized carbons (Fsp3) is 0. The maximum Gasteiger partial charge on any atom is 0.0964 e.